The quantitative estimate of drug-likeness (QED) is 0.471. The average Bonchev–Trinajstić information content (AvgIpc) is 2.79. The number of H-pyrrole nitrogens is 1. The normalized spacial score (nSPS) is 13.1. The lowest BCUT2D eigenvalue weighted by molar-refractivity contribution is -0.156. The molecule has 0 aliphatic rings. The van der Waals surface area contributed by atoms with Gasteiger partial charge in [0, 0.05) is 11.8 Å². The van der Waals surface area contributed by atoms with Gasteiger partial charge in [-0.05, 0) is 63.6 Å². The third kappa shape index (κ3) is 8.16. The van der Waals surface area contributed by atoms with Crippen LogP contribution in [0.4, 0.5) is 4.39 Å². The molecule has 0 bridgehead atoms. The highest BCUT2D eigenvalue weighted by Crippen LogP contribution is 2.23. The number of aromatic nitrogens is 1. The number of rotatable bonds is 11. The first kappa shape index (κ1) is 28.0. The summed E-state index contributed by atoms with van der Waals surface area (Å²) in [4.78, 5) is 53.0. The summed E-state index contributed by atoms with van der Waals surface area (Å²) in [6, 6.07) is 8.54. The molecule has 0 fully saturated rings. The second-order valence-electron chi connectivity index (χ2n) is 9.58. The summed E-state index contributed by atoms with van der Waals surface area (Å²) in [6.07, 6.45) is 2.88. The number of ketones is 1. The number of halogens is 1. The number of alkyl halides is 1. The molecule has 1 aromatic heterocycles. The number of carbonyl (C=O) groups is 3. The number of esters is 1. The molecular formula is C27H35FN2O5. The van der Waals surface area contributed by atoms with Gasteiger partial charge < -0.3 is 15.0 Å². The maximum atomic E-state index is 13.2. The molecule has 2 unspecified atom stereocenters. The van der Waals surface area contributed by atoms with Crippen molar-refractivity contribution in [2.24, 2.45) is 0 Å². The molecule has 2 rings (SSSR count). The third-order valence-electron chi connectivity index (χ3n) is 5.73. The van der Waals surface area contributed by atoms with Crippen LogP contribution in [0.1, 0.15) is 68.7 Å². The fourth-order valence-electron chi connectivity index (χ4n) is 3.97. The Bertz CT molecular complexity index is 1090. The minimum Gasteiger partial charge on any atom is -0.460 e. The minimum atomic E-state index is -1.38. The third-order valence-corrected chi connectivity index (χ3v) is 5.73. The molecule has 0 saturated heterocycles. The van der Waals surface area contributed by atoms with Crippen molar-refractivity contribution < 1.29 is 23.5 Å². The standard InChI is InChI=1S/C27H35FN2O5/c1-6-20(25(33)30-21(22(31)15-28)14-23(32)35-27(3,4)5)24-17(2)19(16-29-26(24)34)13-12-18-10-8-7-9-11-18/h7-11,16,20-21H,6,12-15H2,1-5H3,(H,29,34)(H,30,33). The molecule has 1 aromatic carbocycles. The summed E-state index contributed by atoms with van der Waals surface area (Å²) >= 11 is 0. The van der Waals surface area contributed by atoms with Crippen LogP contribution in [0.5, 0.6) is 0 Å². The van der Waals surface area contributed by atoms with E-state index >= 15 is 0 Å². The van der Waals surface area contributed by atoms with E-state index in [0.29, 0.717) is 17.5 Å². The van der Waals surface area contributed by atoms with Crippen LogP contribution < -0.4 is 10.9 Å². The molecule has 2 aromatic rings. The first-order chi connectivity index (χ1) is 16.5. The lowest BCUT2D eigenvalue weighted by atomic mass is 9.89. The lowest BCUT2D eigenvalue weighted by Crippen LogP contribution is -2.46. The number of hydrogen-bond acceptors (Lipinski definition) is 5. The van der Waals surface area contributed by atoms with Gasteiger partial charge in [0.25, 0.3) is 5.56 Å². The van der Waals surface area contributed by atoms with Crippen molar-refractivity contribution >= 4 is 17.7 Å². The van der Waals surface area contributed by atoms with Gasteiger partial charge in [-0.15, -0.1) is 0 Å². The number of benzene rings is 1. The van der Waals surface area contributed by atoms with E-state index in [9.17, 15) is 23.6 Å². The predicted molar refractivity (Wildman–Crippen MR) is 132 cm³/mol. The van der Waals surface area contributed by atoms with Crippen LogP contribution in [-0.4, -0.2) is 41.0 Å². The number of pyridine rings is 1. The van der Waals surface area contributed by atoms with Crippen LogP contribution in [0, 0.1) is 6.92 Å². The fourth-order valence-corrected chi connectivity index (χ4v) is 3.97. The van der Waals surface area contributed by atoms with Crippen LogP contribution in [0.15, 0.2) is 41.3 Å². The van der Waals surface area contributed by atoms with E-state index in [1.165, 1.54) is 0 Å². The summed E-state index contributed by atoms with van der Waals surface area (Å²) in [5.74, 6) is -3.14. The van der Waals surface area contributed by atoms with Gasteiger partial charge in [0.05, 0.1) is 12.3 Å². The summed E-state index contributed by atoms with van der Waals surface area (Å²) in [7, 11) is 0. The molecule has 0 spiro atoms. The van der Waals surface area contributed by atoms with E-state index in [4.69, 9.17) is 4.74 Å². The molecular weight excluding hydrogens is 451 g/mol. The van der Waals surface area contributed by atoms with Gasteiger partial charge in [-0.25, -0.2) is 4.39 Å². The number of nitrogens with one attached hydrogen (secondary N) is 2. The summed E-state index contributed by atoms with van der Waals surface area (Å²) < 4.78 is 18.4. The summed E-state index contributed by atoms with van der Waals surface area (Å²) in [6.45, 7) is 7.22. The first-order valence-corrected chi connectivity index (χ1v) is 11.8. The van der Waals surface area contributed by atoms with Gasteiger partial charge in [-0.1, -0.05) is 37.3 Å². The Balaban J connectivity index is 2.25. The van der Waals surface area contributed by atoms with E-state index in [2.05, 4.69) is 10.3 Å². The fraction of sp³-hybridized carbons (Fsp3) is 0.481. The summed E-state index contributed by atoms with van der Waals surface area (Å²) in [5, 5.41) is 2.48. The molecule has 0 radical (unpaired) electrons. The molecule has 0 aliphatic carbocycles. The molecule has 2 N–H and O–H groups in total. The van der Waals surface area contributed by atoms with Gasteiger partial charge in [-0.2, -0.15) is 0 Å². The van der Waals surface area contributed by atoms with Gasteiger partial charge in [0.1, 0.15) is 18.3 Å². The largest absolute Gasteiger partial charge is 0.460 e. The molecule has 190 valence electrons. The number of amides is 1. The Morgan fingerprint density at radius 2 is 1.77 bits per heavy atom. The topological polar surface area (TPSA) is 105 Å². The van der Waals surface area contributed by atoms with Gasteiger partial charge >= 0.3 is 5.97 Å². The van der Waals surface area contributed by atoms with Gasteiger partial charge in [0.2, 0.25) is 5.91 Å². The van der Waals surface area contributed by atoms with Gasteiger partial charge in [-0.3, -0.25) is 19.2 Å². The number of aryl methyl sites for hydroxylation is 2. The lowest BCUT2D eigenvalue weighted by Gasteiger charge is -2.24. The van der Waals surface area contributed by atoms with Crippen molar-refractivity contribution in [1.82, 2.24) is 10.3 Å². The van der Waals surface area contributed by atoms with Crippen molar-refractivity contribution in [3.8, 4) is 0 Å². The Morgan fingerprint density at radius 1 is 1.11 bits per heavy atom. The predicted octanol–water partition coefficient (Wildman–Crippen LogP) is 3.72. The Morgan fingerprint density at radius 3 is 2.34 bits per heavy atom. The van der Waals surface area contributed by atoms with E-state index in [0.717, 1.165) is 17.5 Å². The van der Waals surface area contributed by atoms with Crippen molar-refractivity contribution in [3.05, 3.63) is 69.1 Å². The van der Waals surface area contributed by atoms with Crippen molar-refractivity contribution in [2.45, 2.75) is 77.9 Å². The van der Waals surface area contributed by atoms with Gasteiger partial charge in [0.15, 0.2) is 5.78 Å². The Kier molecular flexibility index (Phi) is 9.92. The number of ether oxygens (including phenoxy) is 1. The molecule has 8 heteroatoms. The van der Waals surface area contributed by atoms with E-state index in [-0.39, 0.29) is 6.42 Å². The second kappa shape index (κ2) is 12.4. The maximum absolute atomic E-state index is 13.2. The zero-order valence-corrected chi connectivity index (χ0v) is 21.1. The zero-order valence-electron chi connectivity index (χ0n) is 21.1. The highest BCUT2D eigenvalue weighted by Gasteiger charge is 2.31. The number of carbonyl (C=O) groups excluding carboxylic acids is 3. The van der Waals surface area contributed by atoms with Crippen LogP contribution in [0.3, 0.4) is 0 Å². The Hall–Kier alpha value is -3.29. The van der Waals surface area contributed by atoms with E-state index in [1.54, 1.807) is 40.8 Å². The average molecular weight is 487 g/mol. The smallest absolute Gasteiger partial charge is 0.308 e. The van der Waals surface area contributed by atoms with Crippen molar-refractivity contribution in [2.75, 3.05) is 6.67 Å². The van der Waals surface area contributed by atoms with Crippen LogP contribution in [0.2, 0.25) is 0 Å². The number of aromatic amines is 1. The molecule has 2 atom stereocenters. The second-order valence-corrected chi connectivity index (χ2v) is 9.58. The molecule has 0 aliphatic heterocycles. The highest BCUT2D eigenvalue weighted by molar-refractivity contribution is 5.94. The number of hydrogen-bond donors (Lipinski definition) is 2. The monoisotopic (exact) mass is 486 g/mol. The van der Waals surface area contributed by atoms with Crippen LogP contribution in [0.25, 0.3) is 0 Å². The Labute approximate surface area is 205 Å². The van der Waals surface area contributed by atoms with E-state index in [1.807, 2.05) is 30.3 Å². The number of Topliss-reactive ketones (excluding diaryl/α,β-unsaturated/α-hetero) is 1. The van der Waals surface area contributed by atoms with Crippen LogP contribution in [-0.2, 0) is 32.0 Å². The maximum Gasteiger partial charge on any atom is 0.308 e. The van der Waals surface area contributed by atoms with Crippen molar-refractivity contribution in [3.63, 3.8) is 0 Å². The van der Waals surface area contributed by atoms with Crippen molar-refractivity contribution in [1.29, 1.82) is 0 Å². The first-order valence-electron chi connectivity index (χ1n) is 11.8. The zero-order chi connectivity index (χ0) is 26.2. The summed E-state index contributed by atoms with van der Waals surface area (Å²) in [5.41, 5.74) is 1.87. The highest BCUT2D eigenvalue weighted by atomic mass is 19.1. The minimum absolute atomic E-state index is 0.279. The van der Waals surface area contributed by atoms with Crippen LogP contribution >= 0.6 is 0 Å². The SMILES string of the molecule is CCC(C(=O)NC(CC(=O)OC(C)(C)C)C(=O)CF)c1c(C)c(CCc2ccccc2)c[nH]c1=O. The molecule has 1 heterocycles. The molecule has 0 saturated carbocycles. The van der Waals surface area contributed by atoms with E-state index < -0.39 is 53.9 Å². The molecule has 7 nitrogen and oxygen atoms in total. The molecule has 35 heavy (non-hydrogen) atoms. The molecule has 1 amide bonds.